The predicted octanol–water partition coefficient (Wildman–Crippen LogP) is 3.50. The highest BCUT2D eigenvalue weighted by Crippen LogP contribution is 2.34. The standard InChI is InChI=1S/C25H29F3N6O2S/c1-32-12-9-17(10-13-32)15-34-22(36)19-21(31-23(34)25(26,27)28)37-24(30-19)33-11-5-8-18(33)20(35)29-14-16-6-3-2-4-7-16/h2-4,6-7,17-18H,5,8-15H2,1H3,(H,29,35). The molecule has 0 radical (unpaired) electrons. The normalized spacial score (nSPS) is 19.6. The van der Waals surface area contributed by atoms with Crippen molar-refractivity contribution in [3.05, 3.63) is 52.1 Å². The molecule has 3 aromatic rings. The van der Waals surface area contributed by atoms with Crippen molar-refractivity contribution in [3.63, 3.8) is 0 Å². The molecule has 8 nitrogen and oxygen atoms in total. The number of carbonyl (C=O) groups is 1. The van der Waals surface area contributed by atoms with Crippen LogP contribution in [-0.2, 0) is 24.1 Å². The molecule has 198 valence electrons. The van der Waals surface area contributed by atoms with Crippen LogP contribution in [0.1, 0.15) is 37.1 Å². The van der Waals surface area contributed by atoms with Gasteiger partial charge in [0.25, 0.3) is 5.56 Å². The van der Waals surface area contributed by atoms with Crippen LogP contribution in [0.15, 0.2) is 35.1 Å². The Hall–Kier alpha value is -2.99. The Morgan fingerprint density at radius 3 is 2.54 bits per heavy atom. The maximum Gasteiger partial charge on any atom is 0.449 e. The highest BCUT2D eigenvalue weighted by Gasteiger charge is 2.39. The minimum Gasteiger partial charge on any atom is -0.350 e. The molecule has 1 unspecified atom stereocenters. The predicted molar refractivity (Wildman–Crippen MR) is 136 cm³/mol. The number of hydrogen-bond donors (Lipinski definition) is 1. The molecule has 1 N–H and O–H groups in total. The highest BCUT2D eigenvalue weighted by molar-refractivity contribution is 7.21. The van der Waals surface area contributed by atoms with Crippen molar-refractivity contribution >= 4 is 32.7 Å². The van der Waals surface area contributed by atoms with Gasteiger partial charge in [-0.15, -0.1) is 0 Å². The van der Waals surface area contributed by atoms with Crippen molar-refractivity contribution in [1.82, 2.24) is 24.8 Å². The number of likely N-dealkylation sites (tertiary alicyclic amines) is 1. The van der Waals surface area contributed by atoms with Crippen molar-refractivity contribution in [3.8, 4) is 0 Å². The van der Waals surface area contributed by atoms with E-state index in [1.54, 1.807) is 4.90 Å². The van der Waals surface area contributed by atoms with Crippen LogP contribution in [0, 0.1) is 5.92 Å². The van der Waals surface area contributed by atoms with Crippen molar-refractivity contribution in [2.45, 2.75) is 51.0 Å². The average Bonchev–Trinajstić information content (AvgIpc) is 3.53. The zero-order valence-electron chi connectivity index (χ0n) is 20.5. The van der Waals surface area contributed by atoms with Gasteiger partial charge in [0, 0.05) is 19.6 Å². The van der Waals surface area contributed by atoms with Gasteiger partial charge in [-0.05, 0) is 57.3 Å². The van der Waals surface area contributed by atoms with Crippen molar-refractivity contribution in [2.75, 3.05) is 31.6 Å². The fraction of sp³-hybridized carbons (Fsp3) is 0.520. The van der Waals surface area contributed by atoms with E-state index in [9.17, 15) is 22.8 Å². The molecule has 12 heteroatoms. The minimum absolute atomic E-state index is 0.0362. The molecule has 0 saturated carbocycles. The van der Waals surface area contributed by atoms with Crippen molar-refractivity contribution < 1.29 is 18.0 Å². The lowest BCUT2D eigenvalue weighted by atomic mass is 9.97. The van der Waals surface area contributed by atoms with Crippen LogP contribution in [0.25, 0.3) is 10.3 Å². The number of halogens is 3. The van der Waals surface area contributed by atoms with E-state index in [0.29, 0.717) is 37.5 Å². The molecule has 4 heterocycles. The Morgan fingerprint density at radius 2 is 1.84 bits per heavy atom. The van der Waals surface area contributed by atoms with Crippen LogP contribution < -0.4 is 15.8 Å². The lowest BCUT2D eigenvalue weighted by Gasteiger charge is -2.29. The number of amides is 1. The Labute approximate surface area is 216 Å². The molecule has 2 aliphatic heterocycles. The SMILES string of the molecule is CN1CCC(Cn2c(C(F)(F)F)nc3sc(N4CCCC4C(=O)NCc4ccccc4)nc3c2=O)CC1. The van der Waals surface area contributed by atoms with Gasteiger partial charge >= 0.3 is 6.18 Å². The summed E-state index contributed by atoms with van der Waals surface area (Å²) in [4.78, 5) is 38.4. The summed E-state index contributed by atoms with van der Waals surface area (Å²) in [5.74, 6) is -1.40. The first kappa shape index (κ1) is 25.7. The smallest absolute Gasteiger partial charge is 0.350 e. The summed E-state index contributed by atoms with van der Waals surface area (Å²) >= 11 is 0.933. The first-order chi connectivity index (χ1) is 17.7. The number of benzene rings is 1. The van der Waals surface area contributed by atoms with Crippen LogP contribution in [-0.4, -0.2) is 58.1 Å². The molecule has 37 heavy (non-hydrogen) atoms. The number of aromatic nitrogens is 3. The zero-order chi connectivity index (χ0) is 26.2. The molecule has 5 rings (SSSR count). The number of alkyl halides is 3. The summed E-state index contributed by atoms with van der Waals surface area (Å²) in [5.41, 5.74) is 0.119. The second-order valence-corrected chi connectivity index (χ2v) is 10.8. The number of hydrogen-bond acceptors (Lipinski definition) is 7. The summed E-state index contributed by atoms with van der Waals surface area (Å²) in [6, 6.07) is 9.02. The number of nitrogens with zero attached hydrogens (tertiary/aromatic N) is 5. The van der Waals surface area contributed by atoms with E-state index in [-0.39, 0.29) is 28.7 Å². The molecule has 1 atom stereocenters. The number of thiazole rings is 1. The second-order valence-electron chi connectivity index (χ2n) is 9.80. The topological polar surface area (TPSA) is 83.4 Å². The molecule has 2 saturated heterocycles. The lowest BCUT2D eigenvalue weighted by molar-refractivity contribution is -0.148. The third kappa shape index (κ3) is 5.49. The number of nitrogens with one attached hydrogen (secondary N) is 1. The molecule has 2 aromatic heterocycles. The number of fused-ring (bicyclic) bond motifs is 1. The van der Waals surface area contributed by atoms with E-state index >= 15 is 0 Å². The zero-order valence-corrected chi connectivity index (χ0v) is 21.3. The van der Waals surface area contributed by atoms with Gasteiger partial charge in [-0.2, -0.15) is 13.2 Å². The fourth-order valence-electron chi connectivity index (χ4n) is 5.08. The number of piperidine rings is 1. The van der Waals surface area contributed by atoms with Crippen LogP contribution in [0.4, 0.5) is 18.3 Å². The Bertz CT molecular complexity index is 1320. The van der Waals surface area contributed by atoms with Gasteiger partial charge in [0.1, 0.15) is 6.04 Å². The van der Waals surface area contributed by atoms with Gasteiger partial charge in [-0.25, -0.2) is 9.97 Å². The third-order valence-electron chi connectivity index (χ3n) is 7.15. The molecule has 1 amide bonds. The Morgan fingerprint density at radius 1 is 1.11 bits per heavy atom. The highest BCUT2D eigenvalue weighted by atomic mass is 32.1. The first-order valence-electron chi connectivity index (χ1n) is 12.5. The molecule has 0 bridgehead atoms. The van der Waals surface area contributed by atoms with Crippen LogP contribution in [0.2, 0.25) is 0 Å². The molecular formula is C25H29F3N6O2S. The van der Waals surface area contributed by atoms with E-state index in [4.69, 9.17) is 0 Å². The average molecular weight is 535 g/mol. The Kier molecular flexibility index (Phi) is 7.21. The number of carbonyl (C=O) groups excluding carboxylic acids is 1. The van der Waals surface area contributed by atoms with Gasteiger partial charge in [0.05, 0.1) is 0 Å². The molecule has 0 spiro atoms. The van der Waals surface area contributed by atoms with Gasteiger partial charge in [0.2, 0.25) is 11.7 Å². The molecule has 2 fully saturated rings. The van der Waals surface area contributed by atoms with E-state index in [0.717, 1.165) is 41.0 Å². The molecule has 2 aliphatic rings. The summed E-state index contributed by atoms with van der Waals surface area (Å²) in [5, 5.41) is 3.28. The molecule has 0 aliphatic carbocycles. The van der Waals surface area contributed by atoms with E-state index < -0.39 is 23.6 Å². The van der Waals surface area contributed by atoms with E-state index in [1.807, 2.05) is 37.4 Å². The van der Waals surface area contributed by atoms with Gasteiger partial charge < -0.3 is 15.1 Å². The maximum absolute atomic E-state index is 14.0. The van der Waals surface area contributed by atoms with Crippen LogP contribution >= 0.6 is 11.3 Å². The minimum atomic E-state index is -4.77. The summed E-state index contributed by atoms with van der Waals surface area (Å²) < 4.78 is 42.6. The largest absolute Gasteiger partial charge is 0.449 e. The quantitative estimate of drug-likeness (QED) is 0.521. The monoisotopic (exact) mass is 534 g/mol. The lowest BCUT2D eigenvalue weighted by Crippen LogP contribution is -2.43. The number of anilines is 1. The Balaban J connectivity index is 1.42. The third-order valence-corrected chi connectivity index (χ3v) is 8.14. The maximum atomic E-state index is 14.0. The summed E-state index contributed by atoms with van der Waals surface area (Å²) in [6.45, 7) is 2.42. The van der Waals surface area contributed by atoms with Crippen molar-refractivity contribution in [2.24, 2.45) is 5.92 Å². The number of rotatable bonds is 6. The first-order valence-corrected chi connectivity index (χ1v) is 13.3. The van der Waals surface area contributed by atoms with E-state index in [1.165, 1.54) is 0 Å². The fourth-order valence-corrected chi connectivity index (χ4v) is 6.09. The molecule has 1 aromatic carbocycles. The molecular weight excluding hydrogens is 505 g/mol. The summed E-state index contributed by atoms with van der Waals surface area (Å²) in [6.07, 6.45) is -2.00. The second kappa shape index (κ2) is 10.4. The van der Waals surface area contributed by atoms with Gasteiger partial charge in [-0.3, -0.25) is 14.2 Å². The van der Waals surface area contributed by atoms with Crippen LogP contribution in [0.5, 0.6) is 0 Å². The van der Waals surface area contributed by atoms with Gasteiger partial charge in [-0.1, -0.05) is 41.7 Å². The van der Waals surface area contributed by atoms with Gasteiger partial charge in [0.15, 0.2) is 15.5 Å². The van der Waals surface area contributed by atoms with Crippen LogP contribution in [0.3, 0.4) is 0 Å². The summed E-state index contributed by atoms with van der Waals surface area (Å²) in [7, 11) is 1.97. The van der Waals surface area contributed by atoms with Crippen molar-refractivity contribution in [1.29, 1.82) is 0 Å². The van der Waals surface area contributed by atoms with E-state index in [2.05, 4.69) is 20.2 Å².